The molecular formula is C18H23N3O2S. The van der Waals surface area contributed by atoms with Gasteiger partial charge >= 0.3 is 6.03 Å². The van der Waals surface area contributed by atoms with E-state index in [1.165, 1.54) is 12.8 Å². The number of carbonyl (C=O) groups excluding carboxylic acids is 1. The summed E-state index contributed by atoms with van der Waals surface area (Å²) in [7, 11) is 0. The number of urea groups is 1. The molecule has 128 valence electrons. The minimum absolute atomic E-state index is 0.0599. The summed E-state index contributed by atoms with van der Waals surface area (Å²) < 4.78 is 0. The zero-order valence-corrected chi connectivity index (χ0v) is 14.8. The topological polar surface area (TPSA) is 65.5 Å². The lowest BCUT2D eigenvalue weighted by Crippen LogP contribution is -2.41. The normalized spacial score (nSPS) is 15.1. The zero-order valence-electron chi connectivity index (χ0n) is 14.0. The maximum Gasteiger partial charge on any atom is 0.318 e. The SMILES string of the molecule is Cc1csc([C@@H](C)NC(=O)N(Cc2ccc(O)cc2)CC2CC2)n1. The van der Waals surface area contributed by atoms with Crippen molar-refractivity contribution in [1.82, 2.24) is 15.2 Å². The van der Waals surface area contributed by atoms with Crippen LogP contribution in [0.25, 0.3) is 0 Å². The number of carbonyl (C=O) groups is 1. The highest BCUT2D eigenvalue weighted by Gasteiger charge is 2.27. The molecule has 1 saturated carbocycles. The number of nitrogens with zero attached hydrogens (tertiary/aromatic N) is 2. The summed E-state index contributed by atoms with van der Waals surface area (Å²) in [6.45, 7) is 5.24. The van der Waals surface area contributed by atoms with Gasteiger partial charge in [0, 0.05) is 24.2 Å². The number of aromatic nitrogens is 1. The first-order valence-corrected chi connectivity index (χ1v) is 9.14. The van der Waals surface area contributed by atoms with Crippen molar-refractivity contribution in [3.8, 4) is 5.75 Å². The highest BCUT2D eigenvalue weighted by molar-refractivity contribution is 7.09. The van der Waals surface area contributed by atoms with Crippen LogP contribution >= 0.6 is 11.3 Å². The standard InChI is InChI=1S/C18H23N3O2S/c1-12-11-24-17(19-12)13(2)20-18(23)21(9-14-3-4-14)10-15-5-7-16(22)8-6-15/h5-8,11,13-14,22H,3-4,9-10H2,1-2H3,(H,20,23)/t13-/m1/s1. The summed E-state index contributed by atoms with van der Waals surface area (Å²) in [5.41, 5.74) is 2.00. The highest BCUT2D eigenvalue weighted by Crippen LogP contribution is 2.30. The van der Waals surface area contributed by atoms with Crippen LogP contribution in [-0.4, -0.2) is 27.6 Å². The van der Waals surface area contributed by atoms with Gasteiger partial charge in [0.25, 0.3) is 0 Å². The molecule has 2 aromatic rings. The molecule has 1 aromatic heterocycles. The lowest BCUT2D eigenvalue weighted by molar-refractivity contribution is 0.189. The lowest BCUT2D eigenvalue weighted by Gasteiger charge is -2.25. The van der Waals surface area contributed by atoms with Crippen LogP contribution in [0.5, 0.6) is 5.75 Å². The van der Waals surface area contributed by atoms with Crippen LogP contribution in [0.2, 0.25) is 0 Å². The average molecular weight is 345 g/mol. The van der Waals surface area contributed by atoms with E-state index in [1.807, 2.05) is 36.3 Å². The van der Waals surface area contributed by atoms with Gasteiger partial charge in [0.2, 0.25) is 0 Å². The number of amides is 2. The molecule has 1 fully saturated rings. The number of hydrogen-bond donors (Lipinski definition) is 2. The van der Waals surface area contributed by atoms with Gasteiger partial charge in [0.05, 0.1) is 6.04 Å². The molecule has 6 heteroatoms. The van der Waals surface area contributed by atoms with Gasteiger partial charge in [-0.3, -0.25) is 0 Å². The van der Waals surface area contributed by atoms with Crippen molar-refractivity contribution in [3.63, 3.8) is 0 Å². The zero-order chi connectivity index (χ0) is 17.1. The second-order valence-electron chi connectivity index (χ2n) is 6.49. The minimum Gasteiger partial charge on any atom is -0.508 e. The van der Waals surface area contributed by atoms with E-state index in [4.69, 9.17) is 0 Å². The average Bonchev–Trinajstić information content (AvgIpc) is 3.26. The lowest BCUT2D eigenvalue weighted by atomic mass is 10.2. The van der Waals surface area contributed by atoms with E-state index in [2.05, 4.69) is 10.3 Å². The van der Waals surface area contributed by atoms with E-state index in [1.54, 1.807) is 23.5 Å². The van der Waals surface area contributed by atoms with Crippen molar-refractivity contribution in [2.45, 2.75) is 39.3 Å². The van der Waals surface area contributed by atoms with Gasteiger partial charge in [-0.15, -0.1) is 11.3 Å². The first kappa shape index (κ1) is 16.8. The minimum atomic E-state index is -0.0993. The van der Waals surface area contributed by atoms with E-state index in [9.17, 15) is 9.90 Å². The summed E-state index contributed by atoms with van der Waals surface area (Å²) in [5.74, 6) is 0.856. The number of phenols is 1. The van der Waals surface area contributed by atoms with Crippen LogP contribution in [0, 0.1) is 12.8 Å². The Balaban J connectivity index is 1.65. The van der Waals surface area contributed by atoms with Crippen molar-refractivity contribution >= 4 is 17.4 Å². The molecule has 0 unspecified atom stereocenters. The van der Waals surface area contributed by atoms with E-state index in [-0.39, 0.29) is 17.8 Å². The highest BCUT2D eigenvalue weighted by atomic mass is 32.1. The fourth-order valence-electron chi connectivity index (χ4n) is 2.56. The van der Waals surface area contributed by atoms with Gasteiger partial charge in [0.15, 0.2) is 0 Å². The molecule has 1 aliphatic rings. The first-order valence-electron chi connectivity index (χ1n) is 8.26. The maximum absolute atomic E-state index is 12.7. The Morgan fingerprint density at radius 3 is 2.71 bits per heavy atom. The maximum atomic E-state index is 12.7. The van der Waals surface area contributed by atoms with Crippen LogP contribution < -0.4 is 5.32 Å². The van der Waals surface area contributed by atoms with Gasteiger partial charge in [-0.05, 0) is 50.3 Å². The summed E-state index contributed by atoms with van der Waals surface area (Å²) in [6, 6.07) is 6.87. The van der Waals surface area contributed by atoms with Crippen LogP contribution in [0.15, 0.2) is 29.6 Å². The Kier molecular flexibility index (Phi) is 5.04. The summed E-state index contributed by atoms with van der Waals surface area (Å²) in [5, 5.41) is 15.4. The second kappa shape index (κ2) is 7.21. The van der Waals surface area contributed by atoms with E-state index in [0.29, 0.717) is 12.5 Å². The molecular weight excluding hydrogens is 322 g/mol. The van der Waals surface area contributed by atoms with Crippen molar-refractivity contribution in [3.05, 3.63) is 45.9 Å². The number of aromatic hydroxyl groups is 1. The van der Waals surface area contributed by atoms with E-state index >= 15 is 0 Å². The summed E-state index contributed by atoms with van der Waals surface area (Å²) in [4.78, 5) is 19.0. The van der Waals surface area contributed by atoms with E-state index in [0.717, 1.165) is 22.8 Å². The molecule has 2 N–H and O–H groups in total. The number of phenolic OH excluding ortho intramolecular Hbond substituents is 1. The van der Waals surface area contributed by atoms with Crippen molar-refractivity contribution in [2.75, 3.05) is 6.54 Å². The quantitative estimate of drug-likeness (QED) is 0.836. The van der Waals surface area contributed by atoms with Gasteiger partial charge in [-0.25, -0.2) is 9.78 Å². The third-order valence-electron chi connectivity index (χ3n) is 4.12. The smallest absolute Gasteiger partial charge is 0.318 e. The molecule has 1 atom stereocenters. The number of aryl methyl sites for hydroxylation is 1. The molecule has 0 saturated heterocycles. The number of hydrogen-bond acceptors (Lipinski definition) is 4. The van der Waals surface area contributed by atoms with Crippen LogP contribution in [0.3, 0.4) is 0 Å². The molecule has 5 nitrogen and oxygen atoms in total. The fourth-order valence-corrected chi connectivity index (χ4v) is 3.37. The molecule has 1 heterocycles. The molecule has 1 aliphatic carbocycles. The van der Waals surface area contributed by atoms with Crippen molar-refractivity contribution in [2.24, 2.45) is 5.92 Å². The Hall–Kier alpha value is -2.08. The molecule has 1 aromatic carbocycles. The van der Waals surface area contributed by atoms with Crippen molar-refractivity contribution < 1.29 is 9.90 Å². The van der Waals surface area contributed by atoms with Crippen molar-refractivity contribution in [1.29, 1.82) is 0 Å². The Morgan fingerprint density at radius 1 is 1.42 bits per heavy atom. The number of rotatable bonds is 6. The molecule has 2 amide bonds. The Morgan fingerprint density at radius 2 is 2.12 bits per heavy atom. The van der Waals surface area contributed by atoms with Crippen LogP contribution in [0.1, 0.15) is 42.1 Å². The Bertz CT molecular complexity index is 695. The van der Waals surface area contributed by atoms with Gasteiger partial charge in [-0.2, -0.15) is 0 Å². The second-order valence-corrected chi connectivity index (χ2v) is 7.38. The van der Waals surface area contributed by atoms with Gasteiger partial charge in [-0.1, -0.05) is 12.1 Å². The molecule has 0 spiro atoms. The molecule has 0 aliphatic heterocycles. The molecule has 24 heavy (non-hydrogen) atoms. The van der Waals surface area contributed by atoms with Gasteiger partial charge < -0.3 is 15.3 Å². The molecule has 3 rings (SSSR count). The predicted octanol–water partition coefficient (Wildman–Crippen LogP) is 3.84. The molecule has 0 radical (unpaired) electrons. The van der Waals surface area contributed by atoms with E-state index < -0.39 is 0 Å². The van der Waals surface area contributed by atoms with Crippen LogP contribution in [-0.2, 0) is 6.54 Å². The number of benzene rings is 1. The van der Waals surface area contributed by atoms with Gasteiger partial charge in [0.1, 0.15) is 10.8 Å². The third kappa shape index (κ3) is 4.47. The van der Waals surface area contributed by atoms with Crippen LogP contribution in [0.4, 0.5) is 4.79 Å². The summed E-state index contributed by atoms with van der Waals surface area (Å²) in [6.07, 6.45) is 2.39. The largest absolute Gasteiger partial charge is 0.508 e. The summed E-state index contributed by atoms with van der Waals surface area (Å²) >= 11 is 1.57. The number of nitrogens with one attached hydrogen (secondary N) is 1. The fraction of sp³-hybridized carbons (Fsp3) is 0.444. The molecule has 0 bridgehead atoms. The number of thiazole rings is 1. The first-order chi connectivity index (χ1) is 11.5. The monoisotopic (exact) mass is 345 g/mol. The Labute approximate surface area is 146 Å². The third-order valence-corrected chi connectivity index (χ3v) is 5.26. The predicted molar refractivity (Wildman–Crippen MR) is 95.0 cm³/mol.